The fourth-order valence-electron chi connectivity index (χ4n) is 2.54. The second-order valence-electron chi connectivity index (χ2n) is 10.3. The number of nitrogens with one attached hydrogen (secondary N) is 1. The topological polar surface area (TPSA) is 189 Å². The Labute approximate surface area is 261 Å². The van der Waals surface area contributed by atoms with Crippen molar-refractivity contribution in [3.8, 4) is 11.8 Å². The van der Waals surface area contributed by atoms with Gasteiger partial charge in [0.2, 0.25) is 17.7 Å². The van der Waals surface area contributed by atoms with Crippen LogP contribution in [-0.2, 0) is 42.9 Å². The van der Waals surface area contributed by atoms with E-state index in [9.17, 15) is 34.2 Å². The molecule has 0 unspecified atom stereocenters. The minimum atomic E-state index is -1.78. The molecule has 1 aromatic heterocycles. The molecule has 0 atom stereocenters. The molecule has 0 bridgehead atoms. The fraction of sp³-hybridized carbons (Fsp3) is 0.625. The minimum absolute atomic E-state index is 0.440. The van der Waals surface area contributed by atoms with Gasteiger partial charge in [0.15, 0.2) is 0 Å². The number of esters is 3. The second-order valence-corrected chi connectivity index (χ2v) is 16.2. The highest BCUT2D eigenvalue weighted by Crippen LogP contribution is 2.23. The number of carbonyl (C=O) groups is 5. The van der Waals surface area contributed by atoms with Crippen molar-refractivity contribution in [2.45, 2.75) is 60.1 Å². The number of hydrogen-bond donors (Lipinski definition) is 3. The normalized spacial score (nSPS) is 12.3. The zero-order valence-corrected chi connectivity index (χ0v) is 28.0. The molecule has 1 heterocycles. The van der Waals surface area contributed by atoms with Gasteiger partial charge in [-0.2, -0.15) is 0 Å². The van der Waals surface area contributed by atoms with Crippen molar-refractivity contribution < 1.29 is 58.0 Å². The maximum atomic E-state index is 12.9. The van der Waals surface area contributed by atoms with E-state index in [0.717, 1.165) is 12.1 Å². The number of carbonyl (C=O) groups excluding carboxylic acids is 5. The van der Waals surface area contributed by atoms with Crippen LogP contribution in [0.1, 0.15) is 41.5 Å². The number of aromatic nitrogens is 1. The van der Waals surface area contributed by atoms with Crippen molar-refractivity contribution in [3.63, 3.8) is 0 Å². The average Bonchev–Trinajstić information content (AvgIpc) is 3.14. The maximum Gasteiger partial charge on any atom is 0.358 e. The molecule has 0 aliphatic heterocycles. The molecule has 0 saturated heterocycles. The van der Waals surface area contributed by atoms with Gasteiger partial charge in [0.1, 0.15) is 51.5 Å². The van der Waals surface area contributed by atoms with Crippen LogP contribution in [0, 0.1) is 0 Å². The summed E-state index contributed by atoms with van der Waals surface area (Å²) in [6.45, 7) is 5.86. The van der Waals surface area contributed by atoms with Crippen LogP contribution in [-0.4, -0.2) is 96.3 Å². The molecular weight excluding hydrogens is 748 g/mol. The van der Waals surface area contributed by atoms with Gasteiger partial charge in [0.25, 0.3) is 0 Å². The lowest BCUT2D eigenvalue weighted by Crippen LogP contribution is -2.61. The summed E-state index contributed by atoms with van der Waals surface area (Å²) in [5, 5.41) is 21.6. The SMILES string of the molecule is CC(C)(Br)C(=O)OCC(COC(=O)C(C)(C)Br)(COC(=O)C(C)(C)Br)NC(=O)COCC(=O)On1c(O)ccc1O. The van der Waals surface area contributed by atoms with E-state index in [1.165, 1.54) is 41.5 Å². The zero-order chi connectivity index (χ0) is 31.8. The second kappa shape index (κ2) is 14.7. The van der Waals surface area contributed by atoms with Gasteiger partial charge in [0, 0.05) is 12.1 Å². The summed E-state index contributed by atoms with van der Waals surface area (Å²) in [5.74, 6) is -5.24. The van der Waals surface area contributed by atoms with Crippen LogP contribution in [0.5, 0.6) is 11.8 Å². The number of rotatable bonds is 15. The van der Waals surface area contributed by atoms with Crippen LogP contribution in [0.4, 0.5) is 0 Å². The van der Waals surface area contributed by atoms with Gasteiger partial charge in [-0.15, -0.1) is 4.73 Å². The zero-order valence-electron chi connectivity index (χ0n) is 23.2. The number of hydrogen-bond acceptors (Lipinski definition) is 12. The van der Waals surface area contributed by atoms with Gasteiger partial charge in [-0.1, -0.05) is 47.8 Å². The van der Waals surface area contributed by atoms with Crippen molar-refractivity contribution in [1.29, 1.82) is 0 Å². The number of amides is 1. The van der Waals surface area contributed by atoms with Crippen molar-refractivity contribution >= 4 is 77.6 Å². The lowest BCUT2D eigenvalue weighted by atomic mass is 10.0. The number of alkyl halides is 3. The molecule has 0 radical (unpaired) electrons. The first-order chi connectivity index (χ1) is 18.6. The molecule has 17 heteroatoms. The molecular formula is C24H33Br3N2O12. The predicted octanol–water partition coefficient (Wildman–Crippen LogP) is 1.88. The van der Waals surface area contributed by atoms with Crippen LogP contribution in [0.2, 0.25) is 0 Å². The Morgan fingerprint density at radius 1 is 0.732 bits per heavy atom. The number of aromatic hydroxyl groups is 2. The summed E-state index contributed by atoms with van der Waals surface area (Å²) >= 11 is 9.53. The van der Waals surface area contributed by atoms with Crippen molar-refractivity contribution in [1.82, 2.24) is 10.0 Å². The van der Waals surface area contributed by atoms with Crippen LogP contribution in [0.15, 0.2) is 12.1 Å². The predicted molar refractivity (Wildman–Crippen MR) is 153 cm³/mol. The Balaban J connectivity index is 3.10. The Morgan fingerprint density at radius 2 is 1.10 bits per heavy atom. The van der Waals surface area contributed by atoms with Crippen LogP contribution < -0.4 is 10.2 Å². The molecule has 0 fully saturated rings. The molecule has 14 nitrogen and oxygen atoms in total. The van der Waals surface area contributed by atoms with E-state index >= 15 is 0 Å². The highest BCUT2D eigenvalue weighted by molar-refractivity contribution is 9.10. The summed E-state index contributed by atoms with van der Waals surface area (Å²) in [6, 6.07) is 2.15. The van der Waals surface area contributed by atoms with E-state index in [-0.39, 0.29) is 0 Å². The van der Waals surface area contributed by atoms with Gasteiger partial charge in [-0.25, -0.2) is 4.79 Å². The molecule has 232 valence electrons. The van der Waals surface area contributed by atoms with E-state index in [1.54, 1.807) is 0 Å². The van der Waals surface area contributed by atoms with E-state index in [2.05, 4.69) is 53.1 Å². The van der Waals surface area contributed by atoms with Crippen LogP contribution in [0.25, 0.3) is 0 Å². The molecule has 0 spiro atoms. The Morgan fingerprint density at radius 3 is 1.44 bits per heavy atom. The molecule has 1 amide bonds. The third-order valence-corrected chi connectivity index (χ3v) is 5.71. The summed E-state index contributed by atoms with van der Waals surface area (Å²) in [6.07, 6.45) is 0. The molecule has 0 aliphatic rings. The van der Waals surface area contributed by atoms with Gasteiger partial charge >= 0.3 is 23.9 Å². The van der Waals surface area contributed by atoms with E-state index < -0.39 is 93.1 Å². The minimum Gasteiger partial charge on any atom is -0.492 e. The first kappa shape index (κ1) is 36.7. The Hall–Kier alpha value is -2.37. The first-order valence-electron chi connectivity index (χ1n) is 11.9. The first-order valence-corrected chi connectivity index (χ1v) is 14.2. The Bertz CT molecular complexity index is 1020. The van der Waals surface area contributed by atoms with Crippen LogP contribution in [0.3, 0.4) is 0 Å². The molecule has 0 saturated carbocycles. The molecule has 0 aliphatic carbocycles. The third kappa shape index (κ3) is 12.6. The summed E-state index contributed by atoms with van der Waals surface area (Å²) in [5.41, 5.74) is -1.78. The fourth-order valence-corrected chi connectivity index (χ4v) is 2.88. The number of ether oxygens (including phenoxy) is 4. The van der Waals surface area contributed by atoms with Gasteiger partial charge in [-0.05, 0) is 41.5 Å². The molecule has 0 aromatic carbocycles. The largest absolute Gasteiger partial charge is 0.492 e. The Kier molecular flexibility index (Phi) is 13.1. The molecule has 3 N–H and O–H groups in total. The highest BCUT2D eigenvalue weighted by atomic mass is 79.9. The maximum absolute atomic E-state index is 12.9. The van der Waals surface area contributed by atoms with Crippen molar-refractivity contribution in [2.75, 3.05) is 33.0 Å². The summed E-state index contributed by atoms with van der Waals surface area (Å²) in [7, 11) is 0. The van der Waals surface area contributed by atoms with Gasteiger partial charge < -0.3 is 39.3 Å². The number of halogens is 3. The quantitative estimate of drug-likeness (QED) is 0.133. The summed E-state index contributed by atoms with van der Waals surface area (Å²) in [4.78, 5) is 67.1. The standard InChI is InChI=1S/C24H33Br3N2O12/c1-21(2,25)18(34)38-11-24(12-39-19(35)22(3,4)26,13-40-20(36)23(5,6)27)28-14(30)9-37-10-17(33)41-29-15(31)7-8-16(29)32/h7-8,31-32H,9-13H2,1-6H3,(H,28,30). The molecule has 1 aromatic rings. The number of nitrogens with zero attached hydrogens (tertiary/aromatic N) is 1. The molecule has 1 rings (SSSR count). The van der Waals surface area contributed by atoms with E-state index in [1.807, 2.05) is 0 Å². The van der Waals surface area contributed by atoms with Crippen molar-refractivity contribution in [2.24, 2.45) is 0 Å². The van der Waals surface area contributed by atoms with Gasteiger partial charge in [-0.3, -0.25) is 19.2 Å². The lowest BCUT2D eigenvalue weighted by Gasteiger charge is -2.35. The molecule has 41 heavy (non-hydrogen) atoms. The van der Waals surface area contributed by atoms with Crippen molar-refractivity contribution in [3.05, 3.63) is 12.1 Å². The van der Waals surface area contributed by atoms with Crippen LogP contribution >= 0.6 is 47.8 Å². The highest BCUT2D eigenvalue weighted by Gasteiger charge is 2.41. The lowest BCUT2D eigenvalue weighted by molar-refractivity contribution is -0.162. The average molecular weight is 781 g/mol. The van der Waals surface area contributed by atoms with E-state index in [4.69, 9.17) is 23.8 Å². The summed E-state index contributed by atoms with van der Waals surface area (Å²) < 4.78 is 18.2. The third-order valence-electron chi connectivity index (χ3n) is 4.74. The van der Waals surface area contributed by atoms with Gasteiger partial charge in [0.05, 0.1) is 0 Å². The monoisotopic (exact) mass is 778 g/mol. The smallest absolute Gasteiger partial charge is 0.358 e. The van der Waals surface area contributed by atoms with E-state index in [0.29, 0.717) is 4.73 Å².